The van der Waals surface area contributed by atoms with E-state index in [-0.39, 0.29) is 17.9 Å². The van der Waals surface area contributed by atoms with Crippen molar-refractivity contribution in [3.8, 4) is 22.6 Å². The van der Waals surface area contributed by atoms with Gasteiger partial charge in [0, 0.05) is 43.6 Å². The van der Waals surface area contributed by atoms with Gasteiger partial charge in [0.15, 0.2) is 0 Å². The van der Waals surface area contributed by atoms with Crippen molar-refractivity contribution in [3.63, 3.8) is 0 Å². The first-order valence-electron chi connectivity index (χ1n) is 13.5. The van der Waals surface area contributed by atoms with Crippen molar-refractivity contribution in [3.05, 3.63) is 54.8 Å². The highest BCUT2D eigenvalue weighted by Crippen LogP contribution is 2.32. The Morgan fingerprint density at radius 2 is 1.89 bits per heavy atom. The molecule has 1 atom stereocenters. The molecule has 2 N–H and O–H groups in total. The Morgan fingerprint density at radius 1 is 1.05 bits per heavy atom. The number of amides is 2. The summed E-state index contributed by atoms with van der Waals surface area (Å²) >= 11 is 0. The summed E-state index contributed by atoms with van der Waals surface area (Å²) in [5.74, 6) is 1.21. The standard InChI is InChI=1S/C28H32FN7O2/c29-21-10-8-20(9-11-21)24-25(36-15-16-38-28(36)34-24)23-12-13-30-26(33-23)32-22-7-4-14-35(18-22)27(37)31-17-19-5-2-1-3-6-19/h8-13,15-16,19,22H,1-7,14,17-18H2,(H,31,37)(H,30,32,33). The summed E-state index contributed by atoms with van der Waals surface area (Å²) in [6, 6.07) is 8.09. The minimum absolute atomic E-state index is 0.0160. The quantitative estimate of drug-likeness (QED) is 0.357. The monoisotopic (exact) mass is 517 g/mol. The number of urea groups is 1. The van der Waals surface area contributed by atoms with E-state index in [4.69, 9.17) is 9.40 Å². The van der Waals surface area contributed by atoms with Gasteiger partial charge in [-0.25, -0.2) is 19.2 Å². The van der Waals surface area contributed by atoms with Gasteiger partial charge in [-0.05, 0) is 61.9 Å². The third kappa shape index (κ3) is 5.20. The second kappa shape index (κ2) is 10.8. The zero-order valence-electron chi connectivity index (χ0n) is 21.3. The molecule has 4 aromatic rings. The summed E-state index contributed by atoms with van der Waals surface area (Å²) < 4.78 is 20.9. The van der Waals surface area contributed by atoms with Gasteiger partial charge in [-0.3, -0.25) is 4.40 Å². The fraction of sp³-hybridized carbons (Fsp3) is 0.429. The number of benzene rings is 1. The maximum absolute atomic E-state index is 13.6. The lowest BCUT2D eigenvalue weighted by Crippen LogP contribution is -2.50. The highest BCUT2D eigenvalue weighted by Gasteiger charge is 2.26. The average Bonchev–Trinajstić information content (AvgIpc) is 3.55. The van der Waals surface area contributed by atoms with Gasteiger partial charge in [0.05, 0.1) is 5.69 Å². The molecule has 1 saturated carbocycles. The minimum Gasteiger partial charge on any atom is -0.432 e. The van der Waals surface area contributed by atoms with Crippen LogP contribution in [0.3, 0.4) is 0 Å². The van der Waals surface area contributed by atoms with Crippen molar-refractivity contribution in [2.24, 2.45) is 5.92 Å². The summed E-state index contributed by atoms with van der Waals surface area (Å²) in [7, 11) is 0. The molecule has 3 aromatic heterocycles. The van der Waals surface area contributed by atoms with Crippen LogP contribution in [0.1, 0.15) is 44.9 Å². The Bertz CT molecular complexity index is 1390. The van der Waals surface area contributed by atoms with Crippen molar-refractivity contribution in [1.29, 1.82) is 0 Å². The van der Waals surface area contributed by atoms with E-state index in [1.54, 1.807) is 30.8 Å². The van der Waals surface area contributed by atoms with E-state index >= 15 is 0 Å². The van der Waals surface area contributed by atoms with Crippen LogP contribution >= 0.6 is 0 Å². The molecule has 1 aliphatic heterocycles. The Kier molecular flexibility index (Phi) is 6.94. The molecule has 0 bridgehead atoms. The Morgan fingerprint density at radius 3 is 2.74 bits per heavy atom. The molecule has 6 rings (SSSR count). The molecule has 198 valence electrons. The summed E-state index contributed by atoms with van der Waals surface area (Å²) in [5.41, 5.74) is 2.80. The van der Waals surface area contributed by atoms with Crippen LogP contribution in [0.15, 0.2) is 53.4 Å². The summed E-state index contributed by atoms with van der Waals surface area (Å²) in [6.45, 7) is 2.12. The number of halogens is 1. The second-order valence-electron chi connectivity index (χ2n) is 10.3. The number of fused-ring (bicyclic) bond motifs is 1. The molecular weight excluding hydrogens is 485 g/mol. The maximum Gasteiger partial charge on any atom is 0.317 e. The van der Waals surface area contributed by atoms with Gasteiger partial charge in [0.25, 0.3) is 0 Å². The molecule has 0 spiro atoms. The number of likely N-dealkylation sites (tertiary alicyclic amines) is 1. The number of hydrogen-bond donors (Lipinski definition) is 2. The Labute approximate surface area is 220 Å². The molecule has 1 aromatic carbocycles. The largest absolute Gasteiger partial charge is 0.432 e. The first-order valence-corrected chi connectivity index (χ1v) is 13.5. The van der Waals surface area contributed by atoms with Crippen molar-refractivity contribution in [1.82, 2.24) is 29.6 Å². The van der Waals surface area contributed by atoms with Crippen LogP contribution in [-0.2, 0) is 0 Å². The van der Waals surface area contributed by atoms with E-state index in [2.05, 4.69) is 20.6 Å². The van der Waals surface area contributed by atoms with Crippen molar-refractivity contribution in [2.75, 3.05) is 25.0 Å². The molecule has 4 heterocycles. The van der Waals surface area contributed by atoms with Crippen LogP contribution in [0.4, 0.5) is 15.1 Å². The molecular formula is C28H32FN7O2. The molecule has 38 heavy (non-hydrogen) atoms. The number of hydrogen-bond acceptors (Lipinski definition) is 6. The van der Waals surface area contributed by atoms with Crippen LogP contribution in [0.2, 0.25) is 0 Å². The van der Waals surface area contributed by atoms with Gasteiger partial charge in [-0.2, -0.15) is 4.98 Å². The molecule has 10 heteroatoms. The first-order chi connectivity index (χ1) is 18.6. The number of anilines is 1. The number of oxazole rings is 1. The number of carbonyl (C=O) groups is 1. The normalized spacial score (nSPS) is 18.6. The zero-order valence-corrected chi connectivity index (χ0v) is 21.3. The van der Waals surface area contributed by atoms with Crippen molar-refractivity contribution >= 4 is 17.8 Å². The topological polar surface area (TPSA) is 101 Å². The zero-order chi connectivity index (χ0) is 25.9. The molecule has 1 saturated heterocycles. The SMILES string of the molecule is O=C(NCC1CCCCC1)N1CCCC(Nc2nccc(-c3c(-c4ccc(F)cc4)nc4occn34)n2)C1. The molecule has 2 amide bonds. The number of nitrogens with one attached hydrogen (secondary N) is 2. The lowest BCUT2D eigenvalue weighted by Gasteiger charge is -2.33. The summed E-state index contributed by atoms with van der Waals surface area (Å²) in [4.78, 5) is 28.6. The predicted octanol–water partition coefficient (Wildman–Crippen LogP) is 5.36. The minimum atomic E-state index is -0.309. The Balaban J connectivity index is 1.17. The third-order valence-corrected chi connectivity index (χ3v) is 7.59. The lowest BCUT2D eigenvalue weighted by atomic mass is 9.89. The molecule has 2 fully saturated rings. The number of piperidine rings is 1. The van der Waals surface area contributed by atoms with Gasteiger partial charge in [-0.1, -0.05) is 19.3 Å². The van der Waals surface area contributed by atoms with E-state index in [9.17, 15) is 9.18 Å². The number of imidazole rings is 1. The van der Waals surface area contributed by atoms with Crippen LogP contribution < -0.4 is 10.6 Å². The smallest absolute Gasteiger partial charge is 0.317 e. The van der Waals surface area contributed by atoms with Crippen LogP contribution in [0.5, 0.6) is 0 Å². The Hall–Kier alpha value is -3.95. The number of carbonyl (C=O) groups excluding carboxylic acids is 1. The number of aromatic nitrogens is 4. The highest BCUT2D eigenvalue weighted by atomic mass is 19.1. The highest BCUT2D eigenvalue weighted by molar-refractivity contribution is 5.79. The maximum atomic E-state index is 13.6. The van der Waals surface area contributed by atoms with Crippen LogP contribution in [0, 0.1) is 11.7 Å². The van der Waals surface area contributed by atoms with E-state index in [1.807, 2.05) is 15.4 Å². The molecule has 0 radical (unpaired) electrons. The molecule has 2 aliphatic rings. The van der Waals surface area contributed by atoms with E-state index < -0.39 is 0 Å². The van der Waals surface area contributed by atoms with Crippen LogP contribution in [-0.4, -0.2) is 56.0 Å². The van der Waals surface area contributed by atoms with Crippen LogP contribution in [0.25, 0.3) is 28.5 Å². The molecule has 9 nitrogen and oxygen atoms in total. The summed E-state index contributed by atoms with van der Waals surface area (Å²) in [6.07, 6.45) is 13.2. The van der Waals surface area contributed by atoms with Crippen molar-refractivity contribution < 1.29 is 13.6 Å². The molecule has 1 aliphatic carbocycles. The van der Waals surface area contributed by atoms with E-state index in [0.717, 1.165) is 37.2 Å². The fourth-order valence-corrected chi connectivity index (χ4v) is 5.60. The third-order valence-electron chi connectivity index (χ3n) is 7.59. The lowest BCUT2D eigenvalue weighted by molar-refractivity contribution is 0.179. The average molecular weight is 518 g/mol. The second-order valence-corrected chi connectivity index (χ2v) is 10.3. The van der Waals surface area contributed by atoms with Gasteiger partial charge in [-0.15, -0.1) is 0 Å². The van der Waals surface area contributed by atoms with Gasteiger partial charge in [0.1, 0.15) is 23.5 Å². The number of nitrogens with zero attached hydrogens (tertiary/aromatic N) is 5. The predicted molar refractivity (Wildman–Crippen MR) is 142 cm³/mol. The van der Waals surface area contributed by atoms with Gasteiger partial charge < -0.3 is 20.0 Å². The van der Waals surface area contributed by atoms with E-state index in [1.165, 1.54) is 44.2 Å². The number of rotatable bonds is 6. The molecule has 1 unspecified atom stereocenters. The first kappa shape index (κ1) is 24.4. The van der Waals surface area contributed by atoms with Gasteiger partial charge >= 0.3 is 11.9 Å². The summed E-state index contributed by atoms with van der Waals surface area (Å²) in [5, 5.41) is 6.60. The van der Waals surface area contributed by atoms with Gasteiger partial charge in [0.2, 0.25) is 5.95 Å². The van der Waals surface area contributed by atoms with Crippen molar-refractivity contribution in [2.45, 2.75) is 51.0 Å². The fourth-order valence-electron chi connectivity index (χ4n) is 5.60. The van der Waals surface area contributed by atoms with E-state index in [0.29, 0.717) is 35.6 Å².